The van der Waals surface area contributed by atoms with E-state index in [4.69, 9.17) is 11.6 Å². The molecule has 1 aromatic carbocycles. The summed E-state index contributed by atoms with van der Waals surface area (Å²) in [5.74, 6) is 1.12. The first-order chi connectivity index (χ1) is 6.86. The van der Waals surface area contributed by atoms with Gasteiger partial charge in [0.15, 0.2) is 0 Å². The number of benzene rings is 1. The van der Waals surface area contributed by atoms with Gasteiger partial charge in [-0.25, -0.2) is 0 Å². The third-order valence-corrected chi connectivity index (χ3v) is 2.70. The predicted octanol–water partition coefficient (Wildman–Crippen LogP) is 2.27. The van der Waals surface area contributed by atoms with E-state index in [1.54, 1.807) is 0 Å². The molecule has 2 rings (SSSR count). The number of nitrogens with one attached hydrogen (secondary N) is 1. The highest BCUT2D eigenvalue weighted by Crippen LogP contribution is 2.16. The van der Waals surface area contributed by atoms with Crippen LogP contribution in [0.2, 0.25) is 5.02 Å². The van der Waals surface area contributed by atoms with E-state index in [1.807, 2.05) is 18.2 Å². The lowest BCUT2D eigenvalue weighted by Gasteiger charge is -2.04. The maximum Gasteiger partial charge on any atom is 0.0967 e. The number of hydrogen-bond acceptors (Lipinski definition) is 2. The maximum atomic E-state index is 6.05. The Morgan fingerprint density at radius 2 is 2.14 bits per heavy atom. The molecular weight excluding hydrogens is 196 g/mol. The monoisotopic (exact) mass is 208 g/mol. The molecule has 0 radical (unpaired) electrons. The van der Waals surface area contributed by atoms with Crippen molar-refractivity contribution >= 4 is 17.4 Å². The van der Waals surface area contributed by atoms with Crippen LogP contribution >= 0.6 is 11.6 Å². The van der Waals surface area contributed by atoms with Gasteiger partial charge in [0.1, 0.15) is 0 Å². The van der Waals surface area contributed by atoms with E-state index in [2.05, 4.69) is 16.4 Å². The second-order valence-corrected chi connectivity index (χ2v) is 3.75. The fraction of sp³-hybridized carbons (Fsp3) is 0.364. The summed E-state index contributed by atoms with van der Waals surface area (Å²) in [5.41, 5.74) is 1.20. The van der Waals surface area contributed by atoms with Crippen molar-refractivity contribution in [3.05, 3.63) is 34.9 Å². The standard InChI is InChI=1S/C11H13ClN2/c12-10-4-2-1-3-9(10)5-6-11-13-7-8-14-11/h1-4H,5-8H2,(H,13,14). The first-order valence-electron chi connectivity index (χ1n) is 4.87. The quantitative estimate of drug-likeness (QED) is 0.810. The lowest BCUT2D eigenvalue weighted by molar-refractivity contribution is 0.934. The average Bonchev–Trinajstić information content (AvgIpc) is 2.69. The minimum absolute atomic E-state index is 0.853. The number of amidine groups is 1. The number of aryl methyl sites for hydroxylation is 1. The van der Waals surface area contributed by atoms with Crippen molar-refractivity contribution in [2.24, 2.45) is 4.99 Å². The van der Waals surface area contributed by atoms with E-state index >= 15 is 0 Å². The SMILES string of the molecule is Clc1ccccc1CCC1=NCCN1. The fourth-order valence-electron chi connectivity index (χ4n) is 1.57. The molecule has 1 aromatic rings. The number of aliphatic imine (C=N–C) groups is 1. The van der Waals surface area contributed by atoms with Gasteiger partial charge in [0.2, 0.25) is 0 Å². The zero-order valence-electron chi connectivity index (χ0n) is 7.96. The number of halogens is 1. The molecule has 0 fully saturated rings. The summed E-state index contributed by atoms with van der Waals surface area (Å²) in [6.07, 6.45) is 1.93. The lowest BCUT2D eigenvalue weighted by atomic mass is 10.1. The molecule has 0 bridgehead atoms. The molecule has 14 heavy (non-hydrogen) atoms. The highest BCUT2D eigenvalue weighted by molar-refractivity contribution is 6.31. The number of rotatable bonds is 3. The van der Waals surface area contributed by atoms with Crippen molar-refractivity contribution in [3.8, 4) is 0 Å². The van der Waals surface area contributed by atoms with Crippen LogP contribution in [0.4, 0.5) is 0 Å². The number of nitrogens with zero attached hydrogens (tertiary/aromatic N) is 1. The van der Waals surface area contributed by atoms with E-state index in [0.717, 1.165) is 36.8 Å². The summed E-state index contributed by atoms with van der Waals surface area (Å²) in [6.45, 7) is 1.90. The van der Waals surface area contributed by atoms with Crippen LogP contribution in [0.15, 0.2) is 29.3 Å². The average molecular weight is 209 g/mol. The Hall–Kier alpha value is -1.02. The zero-order valence-corrected chi connectivity index (χ0v) is 8.72. The molecule has 0 atom stereocenters. The van der Waals surface area contributed by atoms with Gasteiger partial charge in [-0.3, -0.25) is 4.99 Å². The molecule has 0 saturated carbocycles. The van der Waals surface area contributed by atoms with Crippen LogP contribution in [0.3, 0.4) is 0 Å². The van der Waals surface area contributed by atoms with E-state index in [1.165, 1.54) is 5.56 Å². The first kappa shape index (κ1) is 9.53. The predicted molar refractivity (Wildman–Crippen MR) is 60.1 cm³/mol. The van der Waals surface area contributed by atoms with Crippen LogP contribution in [0.5, 0.6) is 0 Å². The summed E-state index contributed by atoms with van der Waals surface area (Å²) in [7, 11) is 0. The minimum atomic E-state index is 0.853. The van der Waals surface area contributed by atoms with E-state index in [0.29, 0.717) is 0 Å². The molecule has 1 aliphatic heterocycles. The van der Waals surface area contributed by atoms with Gasteiger partial charge < -0.3 is 5.32 Å². The summed E-state index contributed by atoms with van der Waals surface area (Å²) in [6, 6.07) is 7.97. The van der Waals surface area contributed by atoms with Gasteiger partial charge >= 0.3 is 0 Å². The van der Waals surface area contributed by atoms with E-state index in [9.17, 15) is 0 Å². The summed E-state index contributed by atoms with van der Waals surface area (Å²) >= 11 is 6.05. The highest BCUT2D eigenvalue weighted by atomic mass is 35.5. The lowest BCUT2D eigenvalue weighted by Crippen LogP contribution is -2.18. The van der Waals surface area contributed by atoms with E-state index in [-0.39, 0.29) is 0 Å². The smallest absolute Gasteiger partial charge is 0.0967 e. The van der Waals surface area contributed by atoms with Crippen molar-refractivity contribution in [3.63, 3.8) is 0 Å². The minimum Gasteiger partial charge on any atom is -0.372 e. The second-order valence-electron chi connectivity index (χ2n) is 3.35. The molecule has 1 heterocycles. The van der Waals surface area contributed by atoms with Gasteiger partial charge in [-0.05, 0) is 18.1 Å². The third-order valence-electron chi connectivity index (χ3n) is 2.33. The zero-order chi connectivity index (χ0) is 9.80. The molecule has 0 aliphatic carbocycles. The molecule has 0 amide bonds. The fourth-order valence-corrected chi connectivity index (χ4v) is 1.80. The van der Waals surface area contributed by atoms with Gasteiger partial charge in [-0.1, -0.05) is 29.8 Å². The molecule has 0 saturated heterocycles. The van der Waals surface area contributed by atoms with Crippen molar-refractivity contribution in [1.82, 2.24) is 5.32 Å². The van der Waals surface area contributed by atoms with Crippen molar-refractivity contribution < 1.29 is 0 Å². The number of hydrogen-bond donors (Lipinski definition) is 1. The largest absolute Gasteiger partial charge is 0.372 e. The van der Waals surface area contributed by atoms with Gasteiger partial charge in [0.25, 0.3) is 0 Å². The van der Waals surface area contributed by atoms with Gasteiger partial charge in [0.05, 0.1) is 12.4 Å². The molecule has 1 N–H and O–H groups in total. The van der Waals surface area contributed by atoms with Crippen molar-refractivity contribution in [2.45, 2.75) is 12.8 Å². The molecule has 74 valence electrons. The van der Waals surface area contributed by atoms with Crippen molar-refractivity contribution in [2.75, 3.05) is 13.1 Å². The van der Waals surface area contributed by atoms with Crippen LogP contribution < -0.4 is 5.32 Å². The molecule has 0 spiro atoms. The van der Waals surface area contributed by atoms with Crippen molar-refractivity contribution in [1.29, 1.82) is 0 Å². The Bertz CT molecular complexity index is 347. The Morgan fingerprint density at radius 3 is 2.86 bits per heavy atom. The van der Waals surface area contributed by atoms with Crippen LogP contribution in [0.25, 0.3) is 0 Å². The van der Waals surface area contributed by atoms with Gasteiger partial charge in [-0.2, -0.15) is 0 Å². The van der Waals surface area contributed by atoms with Crippen LogP contribution in [0, 0.1) is 0 Å². The molecule has 0 unspecified atom stereocenters. The summed E-state index contributed by atoms with van der Waals surface area (Å²) < 4.78 is 0. The topological polar surface area (TPSA) is 24.4 Å². The van der Waals surface area contributed by atoms with Crippen LogP contribution in [0.1, 0.15) is 12.0 Å². The molecule has 3 heteroatoms. The second kappa shape index (κ2) is 4.47. The molecule has 2 nitrogen and oxygen atoms in total. The Labute approximate surface area is 89.0 Å². The van der Waals surface area contributed by atoms with Gasteiger partial charge in [0, 0.05) is 18.0 Å². The molecular formula is C11H13ClN2. The van der Waals surface area contributed by atoms with Crippen LogP contribution in [-0.4, -0.2) is 18.9 Å². The highest BCUT2D eigenvalue weighted by Gasteiger charge is 2.06. The normalized spacial score (nSPS) is 15.1. The van der Waals surface area contributed by atoms with Crippen LogP contribution in [-0.2, 0) is 6.42 Å². The Balaban J connectivity index is 1.94. The van der Waals surface area contributed by atoms with E-state index < -0.39 is 0 Å². The summed E-state index contributed by atoms with van der Waals surface area (Å²) in [5, 5.41) is 4.11. The first-order valence-corrected chi connectivity index (χ1v) is 5.24. The summed E-state index contributed by atoms with van der Waals surface area (Å²) in [4.78, 5) is 4.34. The third kappa shape index (κ3) is 2.26. The Kier molecular flexibility index (Phi) is 3.04. The maximum absolute atomic E-state index is 6.05. The Morgan fingerprint density at radius 1 is 1.29 bits per heavy atom. The molecule has 0 aromatic heterocycles. The van der Waals surface area contributed by atoms with Gasteiger partial charge in [-0.15, -0.1) is 0 Å². The molecule has 1 aliphatic rings.